The third-order valence-electron chi connectivity index (χ3n) is 1.51. The standard InChI is InChI=1S/C10H9Cl/c1-3-8-6-5-7-10(11)9(8)4-2/h3-7H,1-2H2. The van der Waals surface area contributed by atoms with Crippen LogP contribution in [0.5, 0.6) is 0 Å². The summed E-state index contributed by atoms with van der Waals surface area (Å²) in [6.07, 6.45) is 3.50. The van der Waals surface area contributed by atoms with E-state index in [-0.39, 0.29) is 0 Å². The maximum Gasteiger partial charge on any atom is 0.0484 e. The highest BCUT2D eigenvalue weighted by molar-refractivity contribution is 6.32. The summed E-state index contributed by atoms with van der Waals surface area (Å²) in [6, 6.07) is 5.69. The lowest BCUT2D eigenvalue weighted by atomic mass is 10.1. The first-order valence-electron chi connectivity index (χ1n) is 3.33. The number of hydrogen-bond donors (Lipinski definition) is 0. The lowest BCUT2D eigenvalue weighted by Crippen LogP contribution is -1.79. The Kier molecular flexibility index (Phi) is 2.50. The van der Waals surface area contributed by atoms with Crippen molar-refractivity contribution in [3.05, 3.63) is 47.5 Å². The molecule has 1 aromatic rings. The van der Waals surface area contributed by atoms with Gasteiger partial charge in [0.2, 0.25) is 0 Å². The predicted octanol–water partition coefficient (Wildman–Crippen LogP) is 3.63. The highest BCUT2D eigenvalue weighted by Crippen LogP contribution is 2.21. The summed E-state index contributed by atoms with van der Waals surface area (Å²) >= 11 is 5.89. The van der Waals surface area contributed by atoms with Crippen LogP contribution in [0.3, 0.4) is 0 Å². The summed E-state index contributed by atoms with van der Waals surface area (Å²) < 4.78 is 0. The van der Waals surface area contributed by atoms with Gasteiger partial charge < -0.3 is 0 Å². The van der Waals surface area contributed by atoms with Crippen molar-refractivity contribution >= 4 is 23.8 Å². The van der Waals surface area contributed by atoms with Gasteiger partial charge in [0.15, 0.2) is 0 Å². The number of hydrogen-bond acceptors (Lipinski definition) is 0. The van der Waals surface area contributed by atoms with E-state index in [1.54, 1.807) is 12.2 Å². The first-order chi connectivity index (χ1) is 5.29. The van der Waals surface area contributed by atoms with Gasteiger partial charge in [-0.1, -0.05) is 49.0 Å². The van der Waals surface area contributed by atoms with Gasteiger partial charge in [0, 0.05) is 5.02 Å². The van der Waals surface area contributed by atoms with E-state index in [9.17, 15) is 0 Å². The zero-order valence-electron chi connectivity index (χ0n) is 6.18. The molecule has 0 amide bonds. The van der Waals surface area contributed by atoms with Gasteiger partial charge in [-0.05, 0) is 17.2 Å². The van der Waals surface area contributed by atoms with Crippen molar-refractivity contribution in [1.29, 1.82) is 0 Å². The van der Waals surface area contributed by atoms with Gasteiger partial charge >= 0.3 is 0 Å². The van der Waals surface area contributed by atoms with E-state index < -0.39 is 0 Å². The number of rotatable bonds is 2. The zero-order chi connectivity index (χ0) is 8.27. The van der Waals surface area contributed by atoms with Gasteiger partial charge in [-0.2, -0.15) is 0 Å². The molecule has 0 aliphatic carbocycles. The van der Waals surface area contributed by atoms with Crippen molar-refractivity contribution in [3.8, 4) is 0 Å². The summed E-state index contributed by atoms with van der Waals surface area (Å²) in [5, 5.41) is 0.720. The van der Waals surface area contributed by atoms with Crippen molar-refractivity contribution < 1.29 is 0 Å². The van der Waals surface area contributed by atoms with Gasteiger partial charge in [-0.25, -0.2) is 0 Å². The Morgan fingerprint density at radius 2 is 1.91 bits per heavy atom. The third kappa shape index (κ3) is 1.52. The molecule has 0 aliphatic heterocycles. The number of benzene rings is 1. The molecule has 0 heterocycles. The molecule has 0 radical (unpaired) electrons. The highest BCUT2D eigenvalue weighted by atomic mass is 35.5. The molecule has 0 N–H and O–H groups in total. The Morgan fingerprint density at radius 1 is 1.18 bits per heavy atom. The predicted molar refractivity (Wildman–Crippen MR) is 51.6 cm³/mol. The molecule has 0 unspecified atom stereocenters. The van der Waals surface area contributed by atoms with Gasteiger partial charge in [0.25, 0.3) is 0 Å². The summed E-state index contributed by atoms with van der Waals surface area (Å²) in [5.41, 5.74) is 1.97. The van der Waals surface area contributed by atoms with Crippen LogP contribution < -0.4 is 0 Å². The molecular weight excluding hydrogens is 156 g/mol. The fourth-order valence-electron chi connectivity index (χ4n) is 0.947. The van der Waals surface area contributed by atoms with Crippen LogP contribution in [0, 0.1) is 0 Å². The second kappa shape index (κ2) is 3.40. The lowest BCUT2D eigenvalue weighted by Gasteiger charge is -2.01. The molecule has 0 atom stereocenters. The van der Waals surface area contributed by atoms with Crippen LogP contribution in [0.2, 0.25) is 5.02 Å². The molecule has 0 fully saturated rings. The second-order valence-electron chi connectivity index (χ2n) is 2.15. The van der Waals surface area contributed by atoms with E-state index in [4.69, 9.17) is 11.6 Å². The minimum absolute atomic E-state index is 0.720. The average molecular weight is 165 g/mol. The topological polar surface area (TPSA) is 0 Å². The first-order valence-corrected chi connectivity index (χ1v) is 3.70. The minimum Gasteiger partial charge on any atom is -0.0984 e. The van der Waals surface area contributed by atoms with Gasteiger partial charge in [0.05, 0.1) is 0 Å². The second-order valence-corrected chi connectivity index (χ2v) is 2.56. The van der Waals surface area contributed by atoms with Crippen molar-refractivity contribution in [2.24, 2.45) is 0 Å². The van der Waals surface area contributed by atoms with Crippen LogP contribution in [-0.2, 0) is 0 Å². The van der Waals surface area contributed by atoms with Gasteiger partial charge in [0.1, 0.15) is 0 Å². The fourth-order valence-corrected chi connectivity index (χ4v) is 1.21. The molecule has 0 aliphatic rings. The molecule has 0 saturated heterocycles. The Balaban J connectivity index is 3.35. The normalized spacial score (nSPS) is 9.18. The van der Waals surface area contributed by atoms with Gasteiger partial charge in [-0.15, -0.1) is 0 Å². The molecule has 1 aromatic carbocycles. The van der Waals surface area contributed by atoms with E-state index in [0.29, 0.717) is 0 Å². The molecule has 1 rings (SSSR count). The maximum absolute atomic E-state index is 5.89. The SMILES string of the molecule is C=Cc1cccc(Cl)c1C=C. The minimum atomic E-state index is 0.720. The molecule has 56 valence electrons. The monoisotopic (exact) mass is 164 g/mol. The Hall–Kier alpha value is -1.01. The molecule has 0 nitrogen and oxygen atoms in total. The largest absolute Gasteiger partial charge is 0.0984 e. The van der Waals surface area contributed by atoms with Crippen molar-refractivity contribution in [3.63, 3.8) is 0 Å². The molecule has 0 saturated carbocycles. The molecule has 0 bridgehead atoms. The molecule has 0 spiro atoms. The summed E-state index contributed by atoms with van der Waals surface area (Å²) in [4.78, 5) is 0. The average Bonchev–Trinajstić information content (AvgIpc) is 2.04. The van der Waals surface area contributed by atoms with E-state index in [0.717, 1.165) is 16.1 Å². The van der Waals surface area contributed by atoms with E-state index in [2.05, 4.69) is 13.2 Å². The van der Waals surface area contributed by atoms with E-state index in [1.807, 2.05) is 18.2 Å². The van der Waals surface area contributed by atoms with Crippen LogP contribution in [0.15, 0.2) is 31.4 Å². The number of halogens is 1. The zero-order valence-corrected chi connectivity index (χ0v) is 6.93. The quantitative estimate of drug-likeness (QED) is 0.626. The van der Waals surface area contributed by atoms with Gasteiger partial charge in [-0.3, -0.25) is 0 Å². The van der Waals surface area contributed by atoms with E-state index in [1.165, 1.54) is 0 Å². The van der Waals surface area contributed by atoms with Crippen molar-refractivity contribution in [2.75, 3.05) is 0 Å². The lowest BCUT2D eigenvalue weighted by molar-refractivity contribution is 1.62. The maximum atomic E-state index is 5.89. The Labute approximate surface area is 71.8 Å². The molecular formula is C10H9Cl. The third-order valence-corrected chi connectivity index (χ3v) is 1.84. The molecule has 11 heavy (non-hydrogen) atoms. The Morgan fingerprint density at radius 3 is 2.36 bits per heavy atom. The fraction of sp³-hybridized carbons (Fsp3) is 0. The van der Waals surface area contributed by atoms with Crippen LogP contribution in [0.1, 0.15) is 11.1 Å². The van der Waals surface area contributed by atoms with Crippen molar-refractivity contribution in [2.45, 2.75) is 0 Å². The first kappa shape index (κ1) is 8.09. The molecule has 0 aromatic heterocycles. The van der Waals surface area contributed by atoms with Crippen LogP contribution in [0.4, 0.5) is 0 Å². The van der Waals surface area contributed by atoms with Crippen molar-refractivity contribution in [1.82, 2.24) is 0 Å². The summed E-state index contributed by atoms with van der Waals surface area (Å²) in [6.45, 7) is 7.34. The van der Waals surface area contributed by atoms with Crippen LogP contribution in [0.25, 0.3) is 12.2 Å². The summed E-state index contributed by atoms with van der Waals surface area (Å²) in [5.74, 6) is 0. The Bertz CT molecular complexity index is 287. The molecule has 1 heteroatoms. The van der Waals surface area contributed by atoms with Crippen LogP contribution >= 0.6 is 11.6 Å². The highest BCUT2D eigenvalue weighted by Gasteiger charge is 1.98. The van der Waals surface area contributed by atoms with Crippen LogP contribution in [-0.4, -0.2) is 0 Å². The smallest absolute Gasteiger partial charge is 0.0484 e. The van der Waals surface area contributed by atoms with E-state index >= 15 is 0 Å². The summed E-state index contributed by atoms with van der Waals surface area (Å²) in [7, 11) is 0.